The highest BCUT2D eigenvalue weighted by atomic mass is 35.5. The maximum absolute atomic E-state index is 14.0. The summed E-state index contributed by atoms with van der Waals surface area (Å²) in [5, 5.41) is 12.2. The van der Waals surface area contributed by atoms with E-state index in [1.165, 1.54) is 12.2 Å². The molecule has 59 heavy (non-hydrogen) atoms. The van der Waals surface area contributed by atoms with E-state index in [0.717, 1.165) is 33.4 Å². The van der Waals surface area contributed by atoms with Crippen molar-refractivity contribution in [2.24, 2.45) is 0 Å². The normalized spacial score (nSPS) is 12.8. The average molecular weight is 826 g/mol. The summed E-state index contributed by atoms with van der Waals surface area (Å²) in [6.45, 7) is 2.54. The van der Waals surface area contributed by atoms with Crippen molar-refractivity contribution < 1.29 is 14.3 Å². The number of benzene rings is 6. The minimum Gasteiger partial charge on any atom is -0.443 e. The van der Waals surface area contributed by atoms with Gasteiger partial charge in [0.25, 0.3) is 0 Å². The number of hydrogen-bond acceptors (Lipinski definition) is 6. The van der Waals surface area contributed by atoms with E-state index in [9.17, 15) is 9.59 Å². The van der Waals surface area contributed by atoms with Gasteiger partial charge in [-0.3, -0.25) is 10.1 Å². The van der Waals surface area contributed by atoms with Gasteiger partial charge in [-0.1, -0.05) is 169 Å². The van der Waals surface area contributed by atoms with Crippen molar-refractivity contribution in [1.82, 2.24) is 20.9 Å². The Labute approximate surface area is 358 Å². The molecule has 0 aliphatic carbocycles. The zero-order chi connectivity index (χ0) is 41.1. The SMILES string of the molecule is O=C(/C=C/C(=O)N(CCC(NCc1ccc(Cl)cc1)c1ccccc1)Cc1ccccc1)OC(CC(NCc1ccc(Cl)cc1)c1ccccc1)NCc1ccccc1. The van der Waals surface area contributed by atoms with Gasteiger partial charge in [-0.2, -0.15) is 0 Å². The molecule has 0 saturated heterocycles. The summed E-state index contributed by atoms with van der Waals surface area (Å²) in [4.78, 5) is 29.4. The summed E-state index contributed by atoms with van der Waals surface area (Å²) < 4.78 is 6.09. The summed E-state index contributed by atoms with van der Waals surface area (Å²) in [6, 6.07) is 55.5. The monoisotopic (exact) mass is 824 g/mol. The molecule has 3 N–H and O–H groups in total. The molecule has 0 spiro atoms. The molecular formula is C50H50Cl2N4O3. The van der Waals surface area contributed by atoms with E-state index in [1.54, 1.807) is 4.90 Å². The largest absolute Gasteiger partial charge is 0.443 e. The molecule has 6 aromatic rings. The van der Waals surface area contributed by atoms with E-state index in [1.807, 2.05) is 146 Å². The number of carbonyl (C=O) groups is 2. The summed E-state index contributed by atoms with van der Waals surface area (Å²) >= 11 is 12.3. The summed E-state index contributed by atoms with van der Waals surface area (Å²) in [5.41, 5.74) is 6.41. The van der Waals surface area contributed by atoms with Crippen LogP contribution in [0.15, 0.2) is 182 Å². The summed E-state index contributed by atoms with van der Waals surface area (Å²) in [6.07, 6.45) is 2.96. The first-order valence-electron chi connectivity index (χ1n) is 19.9. The highest BCUT2D eigenvalue weighted by molar-refractivity contribution is 6.30. The number of ether oxygens (including phenoxy) is 1. The van der Waals surface area contributed by atoms with Crippen LogP contribution in [0.5, 0.6) is 0 Å². The summed E-state index contributed by atoms with van der Waals surface area (Å²) in [5.74, 6) is -0.893. The van der Waals surface area contributed by atoms with Gasteiger partial charge in [0.05, 0.1) is 0 Å². The molecule has 7 nitrogen and oxygen atoms in total. The summed E-state index contributed by atoms with van der Waals surface area (Å²) in [7, 11) is 0. The second-order valence-electron chi connectivity index (χ2n) is 14.3. The highest BCUT2D eigenvalue weighted by Crippen LogP contribution is 2.23. The minimum absolute atomic E-state index is 0.0331. The van der Waals surface area contributed by atoms with Gasteiger partial charge in [-0.05, 0) is 64.1 Å². The van der Waals surface area contributed by atoms with Crippen LogP contribution in [0.2, 0.25) is 10.0 Å². The fourth-order valence-electron chi connectivity index (χ4n) is 6.78. The topological polar surface area (TPSA) is 82.7 Å². The van der Waals surface area contributed by atoms with E-state index in [2.05, 4.69) is 40.2 Å². The molecule has 302 valence electrons. The third-order valence-electron chi connectivity index (χ3n) is 10.00. The number of nitrogens with zero attached hydrogens (tertiary/aromatic N) is 1. The third kappa shape index (κ3) is 14.7. The Kier molecular flexibility index (Phi) is 16.9. The molecule has 0 aliphatic heterocycles. The molecule has 0 saturated carbocycles. The molecule has 6 rings (SSSR count). The van der Waals surface area contributed by atoms with E-state index in [4.69, 9.17) is 27.9 Å². The first kappa shape index (κ1) is 43.0. The van der Waals surface area contributed by atoms with Gasteiger partial charge in [0.15, 0.2) is 6.23 Å². The van der Waals surface area contributed by atoms with Gasteiger partial charge in [-0.15, -0.1) is 0 Å². The number of nitrogens with one attached hydrogen (secondary N) is 3. The lowest BCUT2D eigenvalue weighted by molar-refractivity contribution is -0.145. The molecule has 0 radical (unpaired) electrons. The predicted molar refractivity (Wildman–Crippen MR) is 238 cm³/mol. The molecule has 0 heterocycles. The Morgan fingerprint density at radius 2 is 0.966 bits per heavy atom. The van der Waals surface area contributed by atoms with Crippen LogP contribution in [-0.4, -0.2) is 29.5 Å². The number of esters is 1. The van der Waals surface area contributed by atoms with Crippen molar-refractivity contribution in [2.45, 2.75) is 57.3 Å². The lowest BCUT2D eigenvalue weighted by atomic mass is 10.0. The number of hydrogen-bond donors (Lipinski definition) is 3. The second kappa shape index (κ2) is 23.2. The third-order valence-corrected chi connectivity index (χ3v) is 10.5. The van der Waals surface area contributed by atoms with Crippen LogP contribution < -0.4 is 16.0 Å². The molecule has 0 aromatic heterocycles. The lowest BCUT2D eigenvalue weighted by Gasteiger charge is -2.26. The molecule has 0 bridgehead atoms. The highest BCUT2D eigenvalue weighted by Gasteiger charge is 2.22. The Balaban J connectivity index is 1.16. The number of amides is 1. The van der Waals surface area contributed by atoms with Crippen LogP contribution in [0.4, 0.5) is 0 Å². The van der Waals surface area contributed by atoms with Crippen LogP contribution in [0.25, 0.3) is 0 Å². The van der Waals surface area contributed by atoms with Crippen LogP contribution in [0, 0.1) is 0 Å². The van der Waals surface area contributed by atoms with Gasteiger partial charge < -0.3 is 20.3 Å². The quantitative estimate of drug-likeness (QED) is 0.0381. The maximum atomic E-state index is 14.0. The van der Waals surface area contributed by atoms with Gasteiger partial charge in [0.1, 0.15) is 0 Å². The minimum atomic E-state index is -0.677. The predicted octanol–water partition coefficient (Wildman–Crippen LogP) is 10.4. The van der Waals surface area contributed by atoms with Crippen molar-refractivity contribution in [2.75, 3.05) is 6.54 Å². The van der Waals surface area contributed by atoms with Crippen LogP contribution in [0.1, 0.15) is 58.3 Å². The molecule has 0 fully saturated rings. The standard InChI is InChI=1S/C50H50Cl2N4O3/c51-44-25-21-39(22-26-44)34-53-46(42-17-9-3-10-18-42)31-32-56(37-41-15-7-2-8-16-41)49(57)29-30-50(58)59-48(55-36-38-13-5-1-6-14-38)33-47(43-19-11-4-12-20-43)54-35-40-23-27-45(52)28-24-40/h1-30,46-48,53-55H,31-37H2/b30-29+. The molecule has 9 heteroatoms. The smallest absolute Gasteiger partial charge is 0.332 e. The molecule has 3 unspecified atom stereocenters. The lowest BCUT2D eigenvalue weighted by Crippen LogP contribution is -2.37. The van der Waals surface area contributed by atoms with E-state index in [0.29, 0.717) is 55.6 Å². The van der Waals surface area contributed by atoms with Crippen LogP contribution in [-0.2, 0) is 40.5 Å². The van der Waals surface area contributed by atoms with Crippen LogP contribution >= 0.6 is 23.2 Å². The Morgan fingerprint density at radius 3 is 1.51 bits per heavy atom. The molecule has 1 amide bonds. The number of carbonyl (C=O) groups excluding carboxylic acids is 2. The molecule has 6 aromatic carbocycles. The zero-order valence-electron chi connectivity index (χ0n) is 32.9. The second-order valence-corrected chi connectivity index (χ2v) is 15.2. The number of halogens is 2. The van der Waals surface area contributed by atoms with Crippen molar-refractivity contribution in [1.29, 1.82) is 0 Å². The van der Waals surface area contributed by atoms with Gasteiger partial charge in [0, 0.05) is 73.4 Å². The fraction of sp³-hybridized carbons (Fsp3) is 0.200. The maximum Gasteiger partial charge on any atom is 0.332 e. The molecular weight excluding hydrogens is 775 g/mol. The van der Waals surface area contributed by atoms with E-state index >= 15 is 0 Å². The van der Waals surface area contributed by atoms with Crippen molar-refractivity contribution in [3.05, 3.63) is 225 Å². The van der Waals surface area contributed by atoms with Crippen LogP contribution in [0.3, 0.4) is 0 Å². The van der Waals surface area contributed by atoms with E-state index in [-0.39, 0.29) is 18.0 Å². The Hall–Kier alpha value is -5.54. The van der Waals surface area contributed by atoms with Crippen molar-refractivity contribution in [3.63, 3.8) is 0 Å². The Bertz CT molecular complexity index is 2170. The molecule has 0 aliphatic rings. The number of rotatable bonds is 21. The first-order chi connectivity index (χ1) is 28.9. The van der Waals surface area contributed by atoms with Gasteiger partial charge >= 0.3 is 5.97 Å². The van der Waals surface area contributed by atoms with E-state index < -0.39 is 12.2 Å². The van der Waals surface area contributed by atoms with Gasteiger partial charge in [0.2, 0.25) is 5.91 Å². The Morgan fingerprint density at radius 1 is 0.525 bits per heavy atom. The molecule has 3 atom stereocenters. The van der Waals surface area contributed by atoms with Crippen molar-refractivity contribution in [3.8, 4) is 0 Å². The fourth-order valence-corrected chi connectivity index (χ4v) is 7.03. The average Bonchev–Trinajstić information content (AvgIpc) is 3.28. The van der Waals surface area contributed by atoms with Crippen molar-refractivity contribution >= 4 is 35.1 Å². The zero-order valence-corrected chi connectivity index (χ0v) is 34.4. The first-order valence-corrected chi connectivity index (χ1v) is 20.7. The van der Waals surface area contributed by atoms with Gasteiger partial charge in [-0.25, -0.2) is 4.79 Å².